The summed E-state index contributed by atoms with van der Waals surface area (Å²) in [5, 5.41) is 10.5. The van der Waals surface area contributed by atoms with Crippen molar-refractivity contribution >= 4 is 0 Å². The van der Waals surface area contributed by atoms with Crippen molar-refractivity contribution in [1.82, 2.24) is 0 Å². The summed E-state index contributed by atoms with van der Waals surface area (Å²) >= 11 is 0. The molecule has 2 unspecified atom stereocenters. The first-order chi connectivity index (χ1) is 10.4. The van der Waals surface area contributed by atoms with E-state index in [2.05, 4.69) is 46.8 Å². The van der Waals surface area contributed by atoms with E-state index in [1.165, 1.54) is 36.0 Å². The van der Waals surface area contributed by atoms with Crippen molar-refractivity contribution in [2.24, 2.45) is 11.3 Å². The number of rotatable bonds is 5. The van der Waals surface area contributed by atoms with Gasteiger partial charge in [0.05, 0.1) is 0 Å². The van der Waals surface area contributed by atoms with Gasteiger partial charge >= 0.3 is 0 Å². The smallest absolute Gasteiger partial charge is 0.121 e. The predicted octanol–water partition coefficient (Wildman–Crippen LogP) is 6.23. The fraction of sp³-hybridized carbons (Fsp3) is 0.714. The summed E-state index contributed by atoms with van der Waals surface area (Å²) in [6.45, 7) is 11.6. The molecule has 0 aromatic heterocycles. The molecule has 1 aliphatic rings. The zero-order valence-corrected chi connectivity index (χ0v) is 15.2. The summed E-state index contributed by atoms with van der Waals surface area (Å²) in [6, 6.07) is 4.60. The summed E-state index contributed by atoms with van der Waals surface area (Å²) in [4.78, 5) is 0. The first kappa shape index (κ1) is 17.4. The topological polar surface area (TPSA) is 20.2 Å². The number of hydrogen-bond donors (Lipinski definition) is 1. The molecule has 0 radical (unpaired) electrons. The molecule has 1 aliphatic carbocycles. The molecule has 1 aromatic rings. The largest absolute Gasteiger partial charge is 0.507 e. The zero-order valence-electron chi connectivity index (χ0n) is 15.2. The summed E-state index contributed by atoms with van der Waals surface area (Å²) in [7, 11) is 0. The molecule has 0 heterocycles. The van der Waals surface area contributed by atoms with Crippen LogP contribution in [0.3, 0.4) is 0 Å². The molecule has 1 aromatic carbocycles. The van der Waals surface area contributed by atoms with Crippen LogP contribution in [-0.4, -0.2) is 5.11 Å². The van der Waals surface area contributed by atoms with Crippen molar-refractivity contribution in [2.45, 2.75) is 85.5 Å². The number of phenols is 1. The van der Waals surface area contributed by atoms with Crippen LogP contribution < -0.4 is 0 Å². The van der Waals surface area contributed by atoms with Crippen molar-refractivity contribution in [3.8, 4) is 5.75 Å². The summed E-state index contributed by atoms with van der Waals surface area (Å²) < 4.78 is 0. The van der Waals surface area contributed by atoms with Gasteiger partial charge in [-0.3, -0.25) is 0 Å². The lowest BCUT2D eigenvalue weighted by Crippen LogP contribution is -2.26. The highest BCUT2D eigenvalue weighted by Gasteiger charge is 2.33. The fourth-order valence-corrected chi connectivity index (χ4v) is 4.54. The number of benzene rings is 1. The second-order valence-electron chi connectivity index (χ2n) is 8.30. The molecule has 1 fully saturated rings. The number of aryl methyl sites for hydroxylation is 2. The van der Waals surface area contributed by atoms with Crippen molar-refractivity contribution in [3.05, 3.63) is 28.8 Å². The van der Waals surface area contributed by atoms with Crippen LogP contribution in [0.4, 0.5) is 0 Å². The molecule has 124 valence electrons. The number of hydrogen-bond acceptors (Lipinski definition) is 1. The van der Waals surface area contributed by atoms with E-state index in [4.69, 9.17) is 0 Å². The average Bonchev–Trinajstić information content (AvgIpc) is 2.41. The zero-order chi connectivity index (χ0) is 16.3. The maximum absolute atomic E-state index is 10.5. The Morgan fingerprint density at radius 3 is 2.05 bits per heavy atom. The van der Waals surface area contributed by atoms with Crippen molar-refractivity contribution in [1.29, 1.82) is 0 Å². The van der Waals surface area contributed by atoms with Gasteiger partial charge in [0, 0.05) is 0 Å². The first-order valence-corrected chi connectivity index (χ1v) is 9.21. The van der Waals surface area contributed by atoms with Gasteiger partial charge in [-0.15, -0.1) is 0 Å². The maximum atomic E-state index is 10.5. The van der Waals surface area contributed by atoms with Gasteiger partial charge in [-0.25, -0.2) is 0 Å². The van der Waals surface area contributed by atoms with E-state index < -0.39 is 0 Å². The normalized spacial score (nSPS) is 24.4. The Morgan fingerprint density at radius 1 is 1.05 bits per heavy atom. The van der Waals surface area contributed by atoms with E-state index in [0.717, 1.165) is 31.6 Å². The molecule has 0 spiro atoms. The molecule has 1 nitrogen and oxygen atoms in total. The Bertz CT molecular complexity index is 474. The van der Waals surface area contributed by atoms with Gasteiger partial charge in [0.2, 0.25) is 0 Å². The Kier molecular flexibility index (Phi) is 5.58. The summed E-state index contributed by atoms with van der Waals surface area (Å²) in [6.07, 6.45) is 8.07. The van der Waals surface area contributed by atoms with Gasteiger partial charge < -0.3 is 5.11 Å². The van der Waals surface area contributed by atoms with Crippen LogP contribution >= 0.6 is 0 Å². The van der Waals surface area contributed by atoms with Gasteiger partial charge in [0.25, 0.3) is 0 Å². The van der Waals surface area contributed by atoms with E-state index in [0.29, 0.717) is 17.1 Å². The third kappa shape index (κ3) is 4.06. The van der Waals surface area contributed by atoms with E-state index in [1.807, 2.05) is 0 Å². The molecule has 0 bridgehead atoms. The molecule has 2 atom stereocenters. The second-order valence-corrected chi connectivity index (χ2v) is 8.30. The highest BCUT2D eigenvalue weighted by molar-refractivity contribution is 5.45. The molecule has 1 heteroatoms. The van der Waals surface area contributed by atoms with E-state index in [1.54, 1.807) is 0 Å². The third-order valence-electron chi connectivity index (χ3n) is 5.19. The van der Waals surface area contributed by atoms with E-state index in [9.17, 15) is 5.11 Å². The molecular formula is C21H34O. The third-order valence-corrected chi connectivity index (χ3v) is 5.19. The van der Waals surface area contributed by atoms with Crippen LogP contribution in [0.15, 0.2) is 12.1 Å². The quantitative estimate of drug-likeness (QED) is 0.684. The summed E-state index contributed by atoms with van der Waals surface area (Å²) in [5.41, 5.74) is 4.25. The molecule has 0 amide bonds. The van der Waals surface area contributed by atoms with Gasteiger partial charge in [-0.2, -0.15) is 0 Å². The van der Waals surface area contributed by atoms with E-state index >= 15 is 0 Å². The first-order valence-electron chi connectivity index (χ1n) is 9.21. The van der Waals surface area contributed by atoms with Gasteiger partial charge in [0.15, 0.2) is 0 Å². The van der Waals surface area contributed by atoms with Gasteiger partial charge in [0.1, 0.15) is 5.75 Å². The Hall–Kier alpha value is -0.980. The molecule has 22 heavy (non-hydrogen) atoms. The van der Waals surface area contributed by atoms with Crippen LogP contribution in [0.1, 0.15) is 89.3 Å². The van der Waals surface area contributed by atoms with Crippen LogP contribution in [0.5, 0.6) is 5.75 Å². The minimum absolute atomic E-state index is 0.441. The molecule has 2 rings (SSSR count). The van der Waals surface area contributed by atoms with Crippen LogP contribution in [0.25, 0.3) is 0 Å². The monoisotopic (exact) mass is 302 g/mol. The Labute approximate surface area is 137 Å². The Balaban J connectivity index is 2.36. The lowest BCUT2D eigenvalue weighted by atomic mass is 9.66. The molecule has 1 N–H and O–H groups in total. The highest BCUT2D eigenvalue weighted by atomic mass is 16.3. The average molecular weight is 303 g/mol. The molecular weight excluding hydrogens is 268 g/mol. The van der Waals surface area contributed by atoms with Crippen molar-refractivity contribution in [2.75, 3.05) is 0 Å². The lowest BCUT2D eigenvalue weighted by molar-refractivity contribution is 0.168. The van der Waals surface area contributed by atoms with Gasteiger partial charge in [-0.1, -0.05) is 59.6 Å². The minimum Gasteiger partial charge on any atom is -0.507 e. The fourth-order valence-electron chi connectivity index (χ4n) is 4.54. The van der Waals surface area contributed by atoms with E-state index in [-0.39, 0.29) is 0 Å². The predicted molar refractivity (Wildman–Crippen MR) is 95.6 cm³/mol. The molecule has 0 saturated heterocycles. The highest BCUT2D eigenvalue weighted by Crippen LogP contribution is 2.47. The standard InChI is InChI=1S/C21H34O/c1-6-8-16-11-18(12-17(9-7-2)20(16)22)19-10-15(3)13-21(4,5)14-19/h11-12,15,19,22H,6-10,13-14H2,1-5H3. The molecule has 0 aliphatic heterocycles. The lowest BCUT2D eigenvalue weighted by Gasteiger charge is -2.39. The summed E-state index contributed by atoms with van der Waals surface area (Å²) in [5.74, 6) is 2.02. The van der Waals surface area contributed by atoms with Crippen LogP contribution in [0, 0.1) is 11.3 Å². The SMILES string of the molecule is CCCc1cc(C2CC(C)CC(C)(C)C2)cc(CCC)c1O. The van der Waals surface area contributed by atoms with Crippen molar-refractivity contribution < 1.29 is 5.11 Å². The number of aromatic hydroxyl groups is 1. The Morgan fingerprint density at radius 2 is 1.59 bits per heavy atom. The van der Waals surface area contributed by atoms with Crippen molar-refractivity contribution in [3.63, 3.8) is 0 Å². The number of phenolic OH excluding ortho intramolecular Hbond substituents is 1. The van der Waals surface area contributed by atoms with Crippen LogP contribution in [-0.2, 0) is 12.8 Å². The maximum Gasteiger partial charge on any atom is 0.121 e. The molecule has 1 saturated carbocycles. The minimum atomic E-state index is 0.441. The second kappa shape index (κ2) is 7.06. The van der Waals surface area contributed by atoms with Crippen LogP contribution in [0.2, 0.25) is 0 Å². The van der Waals surface area contributed by atoms with Gasteiger partial charge in [-0.05, 0) is 66.0 Å².